The Labute approximate surface area is 161 Å². The normalized spacial score (nSPS) is 11.1. The summed E-state index contributed by atoms with van der Waals surface area (Å²) in [4.78, 5) is 14.7. The van der Waals surface area contributed by atoms with Gasteiger partial charge in [-0.05, 0) is 36.8 Å². The standard InChI is InChI=1S/C22H27NO4/c1-6-10-19(24)18(23(2)17-11-8-7-9-12-17)15-16-13-14-20(25-3)22(27-5)21(16)26-4/h7-9,11-15H,6,10H2,1-5H3/b18-15-. The highest BCUT2D eigenvalue weighted by Crippen LogP contribution is 2.41. The van der Waals surface area contributed by atoms with Gasteiger partial charge in [-0.2, -0.15) is 0 Å². The second kappa shape index (κ2) is 9.67. The second-order valence-corrected chi connectivity index (χ2v) is 6.02. The van der Waals surface area contributed by atoms with Gasteiger partial charge in [0.25, 0.3) is 0 Å². The van der Waals surface area contributed by atoms with E-state index in [0.29, 0.717) is 29.4 Å². The molecule has 0 radical (unpaired) electrons. The van der Waals surface area contributed by atoms with Crippen LogP contribution in [0.25, 0.3) is 6.08 Å². The van der Waals surface area contributed by atoms with Gasteiger partial charge in [-0.1, -0.05) is 25.1 Å². The SMILES string of the molecule is CCCC(=O)/C(=C/c1ccc(OC)c(OC)c1OC)N(C)c1ccccc1. The van der Waals surface area contributed by atoms with E-state index in [1.807, 2.05) is 61.3 Å². The average Bonchev–Trinajstić information content (AvgIpc) is 2.71. The maximum Gasteiger partial charge on any atom is 0.203 e. The van der Waals surface area contributed by atoms with Crippen LogP contribution in [-0.4, -0.2) is 34.2 Å². The second-order valence-electron chi connectivity index (χ2n) is 6.02. The van der Waals surface area contributed by atoms with Crippen molar-refractivity contribution in [1.82, 2.24) is 0 Å². The highest BCUT2D eigenvalue weighted by atomic mass is 16.5. The number of hydrogen-bond donors (Lipinski definition) is 0. The van der Waals surface area contributed by atoms with Crippen molar-refractivity contribution in [3.63, 3.8) is 0 Å². The molecule has 0 aliphatic rings. The third-order valence-electron chi connectivity index (χ3n) is 4.29. The van der Waals surface area contributed by atoms with E-state index >= 15 is 0 Å². The molecular formula is C22H27NO4. The van der Waals surface area contributed by atoms with Crippen LogP contribution in [0.1, 0.15) is 25.3 Å². The third kappa shape index (κ3) is 4.61. The maximum atomic E-state index is 12.8. The van der Waals surface area contributed by atoms with Gasteiger partial charge in [-0.25, -0.2) is 0 Å². The number of likely N-dealkylation sites (N-methyl/N-ethyl adjacent to an activating group) is 1. The summed E-state index contributed by atoms with van der Waals surface area (Å²) in [5.74, 6) is 1.67. The molecule has 5 heteroatoms. The van der Waals surface area contributed by atoms with Gasteiger partial charge in [0.15, 0.2) is 17.3 Å². The highest BCUT2D eigenvalue weighted by Gasteiger charge is 2.19. The van der Waals surface area contributed by atoms with Crippen LogP contribution in [0.4, 0.5) is 5.69 Å². The first kappa shape index (κ1) is 20.4. The molecule has 0 spiro atoms. The summed E-state index contributed by atoms with van der Waals surface area (Å²) in [6.07, 6.45) is 3.09. The van der Waals surface area contributed by atoms with E-state index in [0.717, 1.165) is 17.7 Å². The van der Waals surface area contributed by atoms with Crippen molar-refractivity contribution in [2.24, 2.45) is 0 Å². The highest BCUT2D eigenvalue weighted by molar-refractivity contribution is 6.03. The molecule has 0 bridgehead atoms. The molecule has 0 saturated heterocycles. The molecule has 2 aromatic rings. The zero-order valence-electron chi connectivity index (χ0n) is 16.6. The smallest absolute Gasteiger partial charge is 0.203 e. The first-order chi connectivity index (χ1) is 13.1. The van der Waals surface area contributed by atoms with Gasteiger partial charge < -0.3 is 19.1 Å². The minimum atomic E-state index is 0.0701. The van der Waals surface area contributed by atoms with Crippen molar-refractivity contribution in [3.8, 4) is 17.2 Å². The Morgan fingerprint density at radius 1 is 0.963 bits per heavy atom. The number of carbonyl (C=O) groups is 1. The zero-order valence-corrected chi connectivity index (χ0v) is 16.6. The van der Waals surface area contributed by atoms with Crippen LogP contribution in [0.3, 0.4) is 0 Å². The summed E-state index contributed by atoms with van der Waals surface area (Å²) in [7, 11) is 6.60. The molecule has 2 aromatic carbocycles. The van der Waals surface area contributed by atoms with E-state index in [1.54, 1.807) is 27.4 Å². The molecule has 0 aliphatic heterocycles. The number of ether oxygens (including phenoxy) is 3. The van der Waals surface area contributed by atoms with Gasteiger partial charge in [0, 0.05) is 24.7 Å². The van der Waals surface area contributed by atoms with Gasteiger partial charge >= 0.3 is 0 Å². The Morgan fingerprint density at radius 2 is 1.63 bits per heavy atom. The molecule has 144 valence electrons. The minimum Gasteiger partial charge on any atom is -0.493 e. The number of hydrogen-bond acceptors (Lipinski definition) is 5. The topological polar surface area (TPSA) is 48.0 Å². The first-order valence-electron chi connectivity index (χ1n) is 8.90. The third-order valence-corrected chi connectivity index (χ3v) is 4.29. The number of nitrogens with zero attached hydrogens (tertiary/aromatic N) is 1. The number of ketones is 1. The lowest BCUT2D eigenvalue weighted by atomic mass is 10.1. The predicted octanol–water partition coefficient (Wildman–Crippen LogP) is 4.56. The van der Waals surface area contributed by atoms with Crippen molar-refractivity contribution >= 4 is 17.5 Å². The van der Waals surface area contributed by atoms with Crippen LogP contribution in [0.5, 0.6) is 17.2 Å². The van der Waals surface area contributed by atoms with Gasteiger partial charge in [-0.3, -0.25) is 4.79 Å². The summed E-state index contributed by atoms with van der Waals surface area (Å²) in [5, 5.41) is 0. The Bertz CT molecular complexity index is 799. The summed E-state index contributed by atoms with van der Waals surface area (Å²) in [6.45, 7) is 2.00. The Hall–Kier alpha value is -2.95. The fourth-order valence-corrected chi connectivity index (χ4v) is 2.90. The molecule has 0 heterocycles. The monoisotopic (exact) mass is 369 g/mol. The number of para-hydroxylation sites is 1. The predicted molar refractivity (Wildman–Crippen MR) is 109 cm³/mol. The molecule has 27 heavy (non-hydrogen) atoms. The number of methoxy groups -OCH3 is 3. The molecule has 5 nitrogen and oxygen atoms in total. The van der Waals surface area contributed by atoms with E-state index in [4.69, 9.17) is 14.2 Å². The maximum absolute atomic E-state index is 12.8. The Morgan fingerprint density at radius 3 is 2.19 bits per heavy atom. The van der Waals surface area contributed by atoms with Crippen molar-refractivity contribution in [3.05, 3.63) is 53.7 Å². The van der Waals surface area contributed by atoms with Crippen LogP contribution in [0.2, 0.25) is 0 Å². The molecule has 0 amide bonds. The molecule has 0 atom stereocenters. The molecule has 0 N–H and O–H groups in total. The van der Waals surface area contributed by atoms with Gasteiger partial charge in [-0.15, -0.1) is 0 Å². The van der Waals surface area contributed by atoms with Crippen molar-refractivity contribution in [2.75, 3.05) is 33.3 Å². The molecule has 0 unspecified atom stereocenters. The minimum absolute atomic E-state index is 0.0701. The summed E-state index contributed by atoms with van der Waals surface area (Å²) in [5.41, 5.74) is 2.28. The lowest BCUT2D eigenvalue weighted by Gasteiger charge is -2.23. The lowest BCUT2D eigenvalue weighted by Crippen LogP contribution is -2.23. The lowest BCUT2D eigenvalue weighted by molar-refractivity contribution is -0.115. The molecule has 0 fully saturated rings. The van der Waals surface area contributed by atoms with E-state index in [2.05, 4.69) is 0 Å². The van der Waals surface area contributed by atoms with Gasteiger partial charge in [0.2, 0.25) is 5.75 Å². The van der Waals surface area contributed by atoms with Crippen LogP contribution >= 0.6 is 0 Å². The number of Topliss-reactive ketones (excluding diaryl/α,β-unsaturated/α-hetero) is 1. The van der Waals surface area contributed by atoms with Crippen LogP contribution in [0, 0.1) is 0 Å². The number of allylic oxidation sites excluding steroid dienone is 1. The number of rotatable bonds is 9. The molecule has 0 aromatic heterocycles. The fraction of sp³-hybridized carbons (Fsp3) is 0.318. The summed E-state index contributed by atoms with van der Waals surface area (Å²) in [6, 6.07) is 13.5. The largest absolute Gasteiger partial charge is 0.493 e. The van der Waals surface area contributed by atoms with Crippen molar-refractivity contribution < 1.29 is 19.0 Å². The van der Waals surface area contributed by atoms with E-state index in [9.17, 15) is 4.79 Å². The number of carbonyl (C=O) groups excluding carboxylic acids is 1. The van der Waals surface area contributed by atoms with E-state index in [1.165, 1.54) is 0 Å². The van der Waals surface area contributed by atoms with Gasteiger partial charge in [0.1, 0.15) is 0 Å². The van der Waals surface area contributed by atoms with Crippen LogP contribution in [0.15, 0.2) is 48.2 Å². The molecule has 0 aliphatic carbocycles. The Balaban J connectivity index is 2.59. The Kier molecular flexibility index (Phi) is 7.29. The fourth-order valence-electron chi connectivity index (χ4n) is 2.90. The van der Waals surface area contributed by atoms with Crippen LogP contribution in [-0.2, 0) is 4.79 Å². The zero-order chi connectivity index (χ0) is 19.8. The van der Waals surface area contributed by atoms with E-state index in [-0.39, 0.29) is 5.78 Å². The van der Waals surface area contributed by atoms with E-state index < -0.39 is 0 Å². The van der Waals surface area contributed by atoms with Crippen LogP contribution < -0.4 is 19.1 Å². The number of anilines is 1. The molecular weight excluding hydrogens is 342 g/mol. The van der Waals surface area contributed by atoms with Gasteiger partial charge in [0.05, 0.1) is 27.0 Å². The molecule has 2 rings (SSSR count). The van der Waals surface area contributed by atoms with Crippen molar-refractivity contribution in [2.45, 2.75) is 19.8 Å². The summed E-state index contributed by atoms with van der Waals surface area (Å²) < 4.78 is 16.4. The van der Waals surface area contributed by atoms with Crippen molar-refractivity contribution in [1.29, 1.82) is 0 Å². The summed E-state index contributed by atoms with van der Waals surface area (Å²) >= 11 is 0. The quantitative estimate of drug-likeness (QED) is 0.607. The molecule has 0 saturated carbocycles. The number of benzene rings is 2. The first-order valence-corrected chi connectivity index (χ1v) is 8.90. The average molecular weight is 369 g/mol.